The van der Waals surface area contributed by atoms with Gasteiger partial charge in [0.1, 0.15) is 11.4 Å². The van der Waals surface area contributed by atoms with E-state index in [9.17, 15) is 18.0 Å². The van der Waals surface area contributed by atoms with Crippen molar-refractivity contribution in [2.45, 2.75) is 52.3 Å². The van der Waals surface area contributed by atoms with Crippen molar-refractivity contribution in [1.29, 1.82) is 0 Å². The number of hydrogen-bond donors (Lipinski definition) is 2. The summed E-state index contributed by atoms with van der Waals surface area (Å²) in [4.78, 5) is 27.7. The highest BCUT2D eigenvalue weighted by atomic mass is 19.4. The Hall–Kier alpha value is -3.12. The molecule has 2 N–H and O–H groups in total. The van der Waals surface area contributed by atoms with Crippen molar-refractivity contribution in [2.24, 2.45) is 5.41 Å². The maximum absolute atomic E-state index is 13.8. The Kier molecular flexibility index (Phi) is 8.60. The van der Waals surface area contributed by atoms with E-state index in [1.807, 2.05) is 19.9 Å². The molecule has 2 bridgehead atoms. The number of anilines is 4. The molecular weight excluding hydrogens is 535 g/mol. The Bertz CT molecular complexity index is 1240. The number of piperazine rings is 1. The molecule has 41 heavy (non-hydrogen) atoms. The van der Waals surface area contributed by atoms with Crippen LogP contribution in [0.1, 0.15) is 44.7 Å². The fourth-order valence-electron chi connectivity index (χ4n) is 5.90. The second-order valence-corrected chi connectivity index (χ2v) is 11.7. The molecule has 5 rings (SSSR count). The van der Waals surface area contributed by atoms with Gasteiger partial charge in [-0.15, -0.1) is 0 Å². The topological polar surface area (TPSA) is 85.9 Å². The van der Waals surface area contributed by atoms with Crippen molar-refractivity contribution in [2.75, 3.05) is 74.6 Å². The molecule has 2 atom stereocenters. The standard InChI is InChI=1S/C29H40F3N7O2/c1-4-20-16-21(39-13-12-37-11-8-22(39)18-37)6-7-24(20)35-27-34-17-23(29(30,31)32)25(36-27)33-9-5-10-38-14-15-41-19-28(2,3)26(38)40/h6-7,16-17,22H,4-5,8-15,18-19H2,1-3H3,(H2,33,34,35,36). The third-order valence-electron chi connectivity index (χ3n) is 8.22. The first-order chi connectivity index (χ1) is 19.5. The molecule has 4 heterocycles. The molecule has 3 saturated heterocycles. The first-order valence-electron chi connectivity index (χ1n) is 14.5. The smallest absolute Gasteiger partial charge is 0.379 e. The van der Waals surface area contributed by atoms with Gasteiger partial charge in [-0.25, -0.2) is 4.98 Å². The normalized spacial score (nSPS) is 22.5. The van der Waals surface area contributed by atoms with Crippen molar-refractivity contribution in [3.05, 3.63) is 35.5 Å². The van der Waals surface area contributed by atoms with E-state index in [0.717, 1.165) is 56.5 Å². The number of rotatable bonds is 9. The van der Waals surface area contributed by atoms with Gasteiger partial charge in [0.2, 0.25) is 11.9 Å². The summed E-state index contributed by atoms with van der Waals surface area (Å²) in [7, 11) is 0. The Morgan fingerprint density at radius 1 is 1.17 bits per heavy atom. The summed E-state index contributed by atoms with van der Waals surface area (Å²) in [6.45, 7) is 11.9. The van der Waals surface area contributed by atoms with E-state index in [1.165, 1.54) is 5.69 Å². The summed E-state index contributed by atoms with van der Waals surface area (Å²) < 4.78 is 46.9. The van der Waals surface area contributed by atoms with Crippen LogP contribution in [-0.4, -0.2) is 90.7 Å². The van der Waals surface area contributed by atoms with Gasteiger partial charge < -0.3 is 25.2 Å². The maximum atomic E-state index is 13.8. The monoisotopic (exact) mass is 575 g/mol. The first-order valence-corrected chi connectivity index (χ1v) is 14.5. The number of fused-ring (bicyclic) bond motifs is 2. The Labute approximate surface area is 239 Å². The zero-order valence-corrected chi connectivity index (χ0v) is 24.1. The molecule has 1 amide bonds. The minimum Gasteiger partial charge on any atom is -0.379 e. The van der Waals surface area contributed by atoms with Crippen molar-refractivity contribution in [3.8, 4) is 0 Å². The van der Waals surface area contributed by atoms with Gasteiger partial charge >= 0.3 is 6.18 Å². The van der Waals surface area contributed by atoms with Crippen molar-refractivity contribution in [1.82, 2.24) is 19.8 Å². The van der Waals surface area contributed by atoms with Crippen molar-refractivity contribution >= 4 is 29.0 Å². The van der Waals surface area contributed by atoms with Crippen molar-refractivity contribution in [3.63, 3.8) is 0 Å². The second-order valence-electron chi connectivity index (χ2n) is 11.7. The van der Waals surface area contributed by atoms with Gasteiger partial charge in [0.25, 0.3) is 0 Å². The van der Waals surface area contributed by atoms with Crippen molar-refractivity contribution < 1.29 is 22.7 Å². The number of alkyl halides is 3. The van der Waals surface area contributed by atoms with E-state index in [0.29, 0.717) is 38.8 Å². The molecule has 0 aliphatic carbocycles. The lowest BCUT2D eigenvalue weighted by Gasteiger charge is -2.36. The highest BCUT2D eigenvalue weighted by molar-refractivity contribution is 5.82. The van der Waals surface area contributed by atoms with E-state index in [-0.39, 0.29) is 24.2 Å². The minimum absolute atomic E-state index is 0.0113. The SMILES string of the molecule is CCc1cc(N2CCN3CCC2C3)ccc1Nc1ncc(C(F)(F)F)c(NCCCN2CCOCC(C)(C)C2=O)n1. The fourth-order valence-corrected chi connectivity index (χ4v) is 5.90. The third-order valence-corrected chi connectivity index (χ3v) is 8.22. The van der Waals surface area contributed by atoms with Crippen LogP contribution < -0.4 is 15.5 Å². The van der Waals surface area contributed by atoms with Crippen LogP contribution in [0.3, 0.4) is 0 Å². The predicted molar refractivity (Wildman–Crippen MR) is 153 cm³/mol. The first kappa shape index (κ1) is 29.4. The second kappa shape index (κ2) is 12.0. The lowest BCUT2D eigenvalue weighted by atomic mass is 9.93. The number of nitrogens with one attached hydrogen (secondary N) is 2. The third kappa shape index (κ3) is 6.69. The summed E-state index contributed by atoms with van der Waals surface area (Å²) in [5.41, 5.74) is 1.45. The van der Waals surface area contributed by atoms with Gasteiger partial charge in [-0.05, 0) is 56.9 Å². The number of nitrogens with zero attached hydrogens (tertiary/aromatic N) is 5. The van der Waals surface area contributed by atoms with E-state index >= 15 is 0 Å². The molecule has 224 valence electrons. The lowest BCUT2D eigenvalue weighted by molar-refractivity contribution is -0.140. The van der Waals surface area contributed by atoms with E-state index in [1.54, 1.807) is 4.90 Å². The van der Waals surface area contributed by atoms with Crippen LogP contribution >= 0.6 is 0 Å². The number of hydrogen-bond acceptors (Lipinski definition) is 8. The molecule has 3 aliphatic rings. The number of aryl methyl sites for hydroxylation is 1. The summed E-state index contributed by atoms with van der Waals surface area (Å²) in [6.07, 6.45) is -1.41. The quantitative estimate of drug-likeness (QED) is 0.426. The molecule has 1 aromatic carbocycles. The molecule has 2 unspecified atom stereocenters. The maximum Gasteiger partial charge on any atom is 0.421 e. The van der Waals surface area contributed by atoms with Crippen LogP contribution in [0.2, 0.25) is 0 Å². The van der Waals surface area contributed by atoms with Crippen LogP contribution in [0.15, 0.2) is 24.4 Å². The van der Waals surface area contributed by atoms with Gasteiger partial charge in [0.15, 0.2) is 0 Å². The van der Waals surface area contributed by atoms with Crippen LogP contribution in [0, 0.1) is 5.41 Å². The zero-order chi connectivity index (χ0) is 29.2. The molecule has 0 saturated carbocycles. The number of amides is 1. The van der Waals surface area contributed by atoms with Crippen LogP contribution in [0.25, 0.3) is 0 Å². The van der Waals surface area contributed by atoms with Gasteiger partial charge in [-0.1, -0.05) is 6.92 Å². The predicted octanol–water partition coefficient (Wildman–Crippen LogP) is 4.38. The number of carbonyl (C=O) groups is 1. The van der Waals surface area contributed by atoms with E-state index < -0.39 is 17.2 Å². The molecule has 1 aromatic heterocycles. The number of benzene rings is 1. The minimum atomic E-state index is -4.61. The van der Waals surface area contributed by atoms with Gasteiger partial charge in [-0.2, -0.15) is 18.2 Å². The molecule has 0 spiro atoms. The van der Waals surface area contributed by atoms with Crippen LogP contribution in [0.4, 0.5) is 36.3 Å². The number of carbonyl (C=O) groups excluding carboxylic acids is 1. The van der Waals surface area contributed by atoms with E-state index in [4.69, 9.17) is 4.74 Å². The number of halogens is 3. The number of aromatic nitrogens is 2. The molecule has 2 aromatic rings. The van der Waals surface area contributed by atoms with Gasteiger partial charge in [-0.3, -0.25) is 9.69 Å². The van der Waals surface area contributed by atoms with Gasteiger partial charge in [0.05, 0.1) is 18.6 Å². The summed E-state index contributed by atoms with van der Waals surface area (Å²) >= 11 is 0. The highest BCUT2D eigenvalue weighted by Gasteiger charge is 2.36. The summed E-state index contributed by atoms with van der Waals surface area (Å²) in [5, 5.41) is 5.99. The molecule has 3 aliphatic heterocycles. The fraction of sp³-hybridized carbons (Fsp3) is 0.621. The molecule has 0 radical (unpaired) electrons. The average molecular weight is 576 g/mol. The lowest BCUT2D eigenvalue weighted by Crippen LogP contribution is -2.46. The molecular formula is C29H40F3N7O2. The summed E-state index contributed by atoms with van der Waals surface area (Å²) in [6, 6.07) is 6.72. The molecule has 3 fully saturated rings. The summed E-state index contributed by atoms with van der Waals surface area (Å²) in [5.74, 6) is -0.202. The largest absolute Gasteiger partial charge is 0.421 e. The van der Waals surface area contributed by atoms with Crippen LogP contribution in [-0.2, 0) is 22.1 Å². The van der Waals surface area contributed by atoms with Gasteiger partial charge in [0, 0.05) is 69.4 Å². The molecule has 9 nitrogen and oxygen atoms in total. The number of ether oxygens (including phenoxy) is 1. The average Bonchev–Trinajstić information content (AvgIpc) is 3.25. The highest BCUT2D eigenvalue weighted by Crippen LogP contribution is 2.35. The molecule has 12 heteroatoms. The zero-order valence-electron chi connectivity index (χ0n) is 24.1. The Balaban J connectivity index is 1.27. The van der Waals surface area contributed by atoms with E-state index in [2.05, 4.69) is 49.5 Å². The Morgan fingerprint density at radius 3 is 2.78 bits per heavy atom. The van der Waals surface area contributed by atoms with Crippen LogP contribution in [0.5, 0.6) is 0 Å². The Morgan fingerprint density at radius 2 is 2.00 bits per heavy atom.